The second kappa shape index (κ2) is 7.22. The molecule has 0 aromatic rings. The molecule has 1 fully saturated rings. The zero-order chi connectivity index (χ0) is 12.0. The monoisotopic (exact) mass is 228 g/mol. The van der Waals surface area contributed by atoms with Gasteiger partial charge in [-0.05, 0) is 28.1 Å². The Balaban J connectivity index is 2.01. The molecule has 0 aromatic heterocycles. The van der Waals surface area contributed by atoms with E-state index < -0.39 is 0 Å². The summed E-state index contributed by atoms with van der Waals surface area (Å²) in [5.74, 6) is 0. The minimum Gasteiger partial charge on any atom is -0.314 e. The lowest BCUT2D eigenvalue weighted by molar-refractivity contribution is 0.106. The van der Waals surface area contributed by atoms with Crippen molar-refractivity contribution in [2.24, 2.45) is 0 Å². The van der Waals surface area contributed by atoms with Crippen LogP contribution in [0.4, 0.5) is 0 Å². The molecule has 1 heterocycles. The fourth-order valence-electron chi connectivity index (χ4n) is 1.99. The first kappa shape index (κ1) is 13.9. The highest BCUT2D eigenvalue weighted by molar-refractivity contribution is 4.76. The summed E-state index contributed by atoms with van der Waals surface area (Å²) < 4.78 is 0. The van der Waals surface area contributed by atoms with Crippen molar-refractivity contribution in [3.05, 3.63) is 0 Å². The molecule has 1 saturated heterocycles. The van der Waals surface area contributed by atoms with Crippen LogP contribution in [0.5, 0.6) is 0 Å². The highest BCUT2D eigenvalue weighted by atomic mass is 15.3. The van der Waals surface area contributed by atoms with Crippen LogP contribution in [0.25, 0.3) is 0 Å². The fourth-order valence-corrected chi connectivity index (χ4v) is 1.99. The zero-order valence-electron chi connectivity index (χ0n) is 11.4. The van der Waals surface area contributed by atoms with E-state index in [2.05, 4.69) is 48.1 Å². The molecule has 0 radical (unpaired) electrons. The van der Waals surface area contributed by atoms with Crippen molar-refractivity contribution in [2.75, 3.05) is 67.0 Å². The SMILES string of the molecule is CC1CN(CCNCCN(C)C)CCN1C. The molecule has 4 heteroatoms. The molecule has 0 bridgehead atoms. The van der Waals surface area contributed by atoms with E-state index in [1.807, 2.05) is 0 Å². The van der Waals surface area contributed by atoms with Crippen LogP contribution in [0, 0.1) is 0 Å². The van der Waals surface area contributed by atoms with Gasteiger partial charge in [0.25, 0.3) is 0 Å². The van der Waals surface area contributed by atoms with Gasteiger partial charge >= 0.3 is 0 Å². The molecule has 1 atom stereocenters. The number of likely N-dealkylation sites (N-methyl/N-ethyl adjacent to an activating group) is 2. The van der Waals surface area contributed by atoms with Gasteiger partial charge in [0.2, 0.25) is 0 Å². The molecule has 1 N–H and O–H groups in total. The Kier molecular flexibility index (Phi) is 6.28. The summed E-state index contributed by atoms with van der Waals surface area (Å²) >= 11 is 0. The van der Waals surface area contributed by atoms with Crippen molar-refractivity contribution in [3.8, 4) is 0 Å². The van der Waals surface area contributed by atoms with Crippen LogP contribution in [-0.4, -0.2) is 87.7 Å². The average Bonchev–Trinajstić information content (AvgIpc) is 2.22. The number of hydrogen-bond donors (Lipinski definition) is 1. The quantitative estimate of drug-likeness (QED) is 0.634. The van der Waals surface area contributed by atoms with Crippen LogP contribution < -0.4 is 5.32 Å². The number of nitrogens with zero attached hydrogens (tertiary/aromatic N) is 3. The molecule has 96 valence electrons. The molecule has 0 aliphatic carbocycles. The van der Waals surface area contributed by atoms with Crippen LogP contribution in [-0.2, 0) is 0 Å². The van der Waals surface area contributed by atoms with E-state index in [4.69, 9.17) is 0 Å². The molecule has 1 aliphatic heterocycles. The minimum absolute atomic E-state index is 0.704. The maximum Gasteiger partial charge on any atom is 0.0192 e. The van der Waals surface area contributed by atoms with Gasteiger partial charge in [-0.15, -0.1) is 0 Å². The molecule has 0 amide bonds. The fraction of sp³-hybridized carbons (Fsp3) is 1.00. The number of piperazine rings is 1. The first-order valence-electron chi connectivity index (χ1n) is 6.37. The zero-order valence-corrected chi connectivity index (χ0v) is 11.4. The van der Waals surface area contributed by atoms with Crippen molar-refractivity contribution in [3.63, 3.8) is 0 Å². The van der Waals surface area contributed by atoms with Gasteiger partial charge in [0.05, 0.1) is 0 Å². The summed E-state index contributed by atoms with van der Waals surface area (Å²) in [6.07, 6.45) is 0. The molecule has 1 rings (SSSR count). The third kappa shape index (κ3) is 5.25. The van der Waals surface area contributed by atoms with Crippen molar-refractivity contribution >= 4 is 0 Å². The maximum atomic E-state index is 3.49. The average molecular weight is 228 g/mol. The van der Waals surface area contributed by atoms with Crippen molar-refractivity contribution in [2.45, 2.75) is 13.0 Å². The molecule has 4 nitrogen and oxygen atoms in total. The molecule has 1 unspecified atom stereocenters. The summed E-state index contributed by atoms with van der Waals surface area (Å²) in [7, 11) is 6.45. The lowest BCUT2D eigenvalue weighted by Crippen LogP contribution is -2.51. The molecular formula is C12H28N4. The van der Waals surface area contributed by atoms with Crippen LogP contribution in [0.2, 0.25) is 0 Å². The Morgan fingerprint density at radius 2 is 2.00 bits per heavy atom. The minimum atomic E-state index is 0.704. The predicted molar refractivity (Wildman–Crippen MR) is 70.0 cm³/mol. The summed E-state index contributed by atoms with van der Waals surface area (Å²) in [6, 6.07) is 0.704. The largest absolute Gasteiger partial charge is 0.314 e. The van der Waals surface area contributed by atoms with Gasteiger partial charge in [0.15, 0.2) is 0 Å². The Hall–Kier alpha value is -0.160. The second-order valence-electron chi connectivity index (χ2n) is 5.18. The lowest BCUT2D eigenvalue weighted by atomic mass is 10.2. The van der Waals surface area contributed by atoms with Gasteiger partial charge in [-0.2, -0.15) is 0 Å². The molecule has 0 aromatic carbocycles. The van der Waals surface area contributed by atoms with E-state index in [1.54, 1.807) is 0 Å². The second-order valence-corrected chi connectivity index (χ2v) is 5.18. The van der Waals surface area contributed by atoms with E-state index in [0.29, 0.717) is 6.04 Å². The summed E-state index contributed by atoms with van der Waals surface area (Å²) in [5.41, 5.74) is 0. The van der Waals surface area contributed by atoms with Crippen molar-refractivity contribution in [1.29, 1.82) is 0 Å². The van der Waals surface area contributed by atoms with Gasteiger partial charge in [0, 0.05) is 51.9 Å². The maximum absolute atomic E-state index is 3.49. The van der Waals surface area contributed by atoms with E-state index in [-0.39, 0.29) is 0 Å². The summed E-state index contributed by atoms with van der Waals surface area (Å²) in [6.45, 7) is 10.5. The Morgan fingerprint density at radius 3 is 2.62 bits per heavy atom. The third-order valence-electron chi connectivity index (χ3n) is 3.38. The standard InChI is InChI=1S/C12H28N4/c1-12-11-16(10-9-15(12)4)8-6-13-5-7-14(2)3/h12-13H,5-11H2,1-4H3. The van der Waals surface area contributed by atoms with Crippen LogP contribution in [0.3, 0.4) is 0 Å². The highest BCUT2D eigenvalue weighted by Crippen LogP contribution is 2.05. The molecular weight excluding hydrogens is 200 g/mol. The van der Waals surface area contributed by atoms with Crippen molar-refractivity contribution in [1.82, 2.24) is 20.0 Å². The molecule has 0 spiro atoms. The van der Waals surface area contributed by atoms with E-state index in [1.165, 1.54) is 26.2 Å². The van der Waals surface area contributed by atoms with E-state index in [0.717, 1.165) is 19.6 Å². The van der Waals surface area contributed by atoms with Crippen LogP contribution in [0.15, 0.2) is 0 Å². The van der Waals surface area contributed by atoms with Gasteiger partial charge < -0.3 is 15.1 Å². The van der Waals surface area contributed by atoms with Gasteiger partial charge in [-0.3, -0.25) is 4.90 Å². The van der Waals surface area contributed by atoms with Crippen LogP contribution >= 0.6 is 0 Å². The number of nitrogens with one attached hydrogen (secondary N) is 1. The number of rotatable bonds is 6. The highest BCUT2D eigenvalue weighted by Gasteiger charge is 2.19. The van der Waals surface area contributed by atoms with Gasteiger partial charge in [-0.1, -0.05) is 0 Å². The topological polar surface area (TPSA) is 21.8 Å². The third-order valence-corrected chi connectivity index (χ3v) is 3.38. The first-order chi connectivity index (χ1) is 7.59. The Bertz CT molecular complexity index is 184. The molecule has 0 saturated carbocycles. The molecule has 16 heavy (non-hydrogen) atoms. The predicted octanol–water partition coefficient (Wildman–Crippen LogP) is -0.226. The first-order valence-corrected chi connectivity index (χ1v) is 6.37. The Labute approximate surface area is 101 Å². The van der Waals surface area contributed by atoms with Crippen molar-refractivity contribution < 1.29 is 0 Å². The van der Waals surface area contributed by atoms with Crippen LogP contribution in [0.1, 0.15) is 6.92 Å². The number of hydrogen-bond acceptors (Lipinski definition) is 4. The Morgan fingerprint density at radius 1 is 1.25 bits per heavy atom. The summed E-state index contributed by atoms with van der Waals surface area (Å²) in [4.78, 5) is 7.22. The smallest absolute Gasteiger partial charge is 0.0192 e. The lowest BCUT2D eigenvalue weighted by Gasteiger charge is -2.37. The van der Waals surface area contributed by atoms with E-state index in [9.17, 15) is 0 Å². The summed E-state index contributed by atoms with van der Waals surface area (Å²) in [5, 5.41) is 3.49. The van der Waals surface area contributed by atoms with E-state index >= 15 is 0 Å². The van der Waals surface area contributed by atoms with Gasteiger partial charge in [-0.25, -0.2) is 0 Å². The van der Waals surface area contributed by atoms with Gasteiger partial charge in [0.1, 0.15) is 0 Å². The molecule has 1 aliphatic rings. The normalized spacial score (nSPS) is 24.2.